The van der Waals surface area contributed by atoms with Crippen molar-refractivity contribution in [3.8, 4) is 5.75 Å². The number of ether oxygens (including phenoxy) is 1. The SMILES string of the molecule is CCNCc1cnc(Sc2ccc(OC)cc2)nc1. The molecule has 0 unspecified atom stereocenters. The molecule has 5 heteroatoms. The van der Waals surface area contributed by atoms with Crippen LogP contribution in [0.2, 0.25) is 0 Å². The first kappa shape index (κ1) is 13.8. The molecule has 2 rings (SSSR count). The zero-order chi connectivity index (χ0) is 13.5. The van der Waals surface area contributed by atoms with Crippen molar-refractivity contribution in [2.75, 3.05) is 13.7 Å². The fourth-order valence-electron chi connectivity index (χ4n) is 1.51. The molecule has 0 amide bonds. The summed E-state index contributed by atoms with van der Waals surface area (Å²) in [5.41, 5.74) is 1.10. The maximum atomic E-state index is 5.13. The lowest BCUT2D eigenvalue weighted by Crippen LogP contribution is -2.12. The summed E-state index contributed by atoms with van der Waals surface area (Å²) in [6, 6.07) is 7.86. The molecule has 0 bridgehead atoms. The molecule has 1 heterocycles. The van der Waals surface area contributed by atoms with Crippen molar-refractivity contribution < 1.29 is 4.74 Å². The number of hydrogen-bond donors (Lipinski definition) is 1. The van der Waals surface area contributed by atoms with E-state index in [1.165, 1.54) is 0 Å². The second-order valence-electron chi connectivity index (χ2n) is 3.93. The van der Waals surface area contributed by atoms with E-state index in [9.17, 15) is 0 Å². The summed E-state index contributed by atoms with van der Waals surface area (Å²) in [7, 11) is 1.66. The molecular formula is C14H17N3OS. The van der Waals surface area contributed by atoms with Crippen molar-refractivity contribution in [1.82, 2.24) is 15.3 Å². The number of hydrogen-bond acceptors (Lipinski definition) is 5. The van der Waals surface area contributed by atoms with Crippen LogP contribution in [0.25, 0.3) is 0 Å². The van der Waals surface area contributed by atoms with Gasteiger partial charge in [-0.1, -0.05) is 6.92 Å². The van der Waals surface area contributed by atoms with Crippen molar-refractivity contribution in [2.24, 2.45) is 0 Å². The number of methoxy groups -OCH3 is 1. The van der Waals surface area contributed by atoms with Crippen molar-refractivity contribution in [1.29, 1.82) is 0 Å². The van der Waals surface area contributed by atoms with E-state index in [4.69, 9.17) is 4.74 Å². The molecule has 0 spiro atoms. The summed E-state index contributed by atoms with van der Waals surface area (Å²) in [4.78, 5) is 9.80. The van der Waals surface area contributed by atoms with Crippen LogP contribution in [-0.2, 0) is 6.54 Å². The Balaban J connectivity index is 1.98. The quantitative estimate of drug-likeness (QED) is 0.821. The molecule has 2 aromatic rings. The highest BCUT2D eigenvalue weighted by Crippen LogP contribution is 2.25. The van der Waals surface area contributed by atoms with Gasteiger partial charge in [0, 0.05) is 29.4 Å². The predicted octanol–water partition coefficient (Wildman–Crippen LogP) is 2.75. The minimum absolute atomic E-state index is 0.755. The summed E-state index contributed by atoms with van der Waals surface area (Å²) >= 11 is 1.54. The van der Waals surface area contributed by atoms with Gasteiger partial charge in [0.2, 0.25) is 0 Å². The summed E-state index contributed by atoms with van der Waals surface area (Å²) in [6.45, 7) is 3.83. The second-order valence-corrected chi connectivity index (χ2v) is 4.97. The van der Waals surface area contributed by atoms with Gasteiger partial charge in [-0.25, -0.2) is 9.97 Å². The van der Waals surface area contributed by atoms with Crippen LogP contribution in [0, 0.1) is 0 Å². The van der Waals surface area contributed by atoms with Crippen molar-refractivity contribution in [3.05, 3.63) is 42.2 Å². The number of nitrogens with one attached hydrogen (secondary N) is 1. The molecule has 0 radical (unpaired) electrons. The first-order valence-electron chi connectivity index (χ1n) is 6.15. The highest BCUT2D eigenvalue weighted by molar-refractivity contribution is 7.99. The highest BCUT2D eigenvalue weighted by atomic mass is 32.2. The van der Waals surface area contributed by atoms with Crippen molar-refractivity contribution >= 4 is 11.8 Å². The van der Waals surface area contributed by atoms with E-state index in [-0.39, 0.29) is 0 Å². The molecule has 0 saturated carbocycles. The Labute approximate surface area is 117 Å². The third kappa shape index (κ3) is 4.22. The van der Waals surface area contributed by atoms with E-state index in [0.29, 0.717) is 0 Å². The lowest BCUT2D eigenvalue weighted by Gasteiger charge is -2.04. The molecule has 1 aromatic heterocycles. The largest absolute Gasteiger partial charge is 0.497 e. The minimum atomic E-state index is 0.755. The van der Waals surface area contributed by atoms with Crippen molar-refractivity contribution in [3.63, 3.8) is 0 Å². The molecule has 0 aliphatic carbocycles. The van der Waals surface area contributed by atoms with Crippen LogP contribution < -0.4 is 10.1 Å². The van der Waals surface area contributed by atoms with Crippen LogP contribution in [-0.4, -0.2) is 23.6 Å². The maximum absolute atomic E-state index is 5.13. The van der Waals surface area contributed by atoms with Gasteiger partial charge in [-0.2, -0.15) is 0 Å². The Hall–Kier alpha value is -1.59. The van der Waals surface area contributed by atoms with Gasteiger partial charge in [-0.3, -0.25) is 0 Å². The minimum Gasteiger partial charge on any atom is -0.497 e. The molecule has 0 saturated heterocycles. The third-order valence-corrected chi connectivity index (χ3v) is 3.43. The first-order chi connectivity index (χ1) is 9.31. The number of aromatic nitrogens is 2. The van der Waals surface area contributed by atoms with Crippen LogP contribution in [0.15, 0.2) is 46.7 Å². The van der Waals surface area contributed by atoms with E-state index in [1.54, 1.807) is 18.9 Å². The Morgan fingerprint density at radius 2 is 1.84 bits per heavy atom. The number of rotatable bonds is 6. The van der Waals surface area contributed by atoms with Gasteiger partial charge in [0.1, 0.15) is 5.75 Å². The van der Waals surface area contributed by atoms with Gasteiger partial charge >= 0.3 is 0 Å². The molecule has 0 aliphatic heterocycles. The lowest BCUT2D eigenvalue weighted by atomic mass is 10.3. The lowest BCUT2D eigenvalue weighted by molar-refractivity contribution is 0.414. The smallest absolute Gasteiger partial charge is 0.192 e. The van der Waals surface area contributed by atoms with Gasteiger partial charge in [0.15, 0.2) is 5.16 Å². The van der Waals surface area contributed by atoms with Gasteiger partial charge in [-0.15, -0.1) is 0 Å². The van der Waals surface area contributed by atoms with Crippen LogP contribution >= 0.6 is 11.8 Å². The Kier molecular flexibility index (Phi) is 5.18. The normalized spacial score (nSPS) is 10.4. The van der Waals surface area contributed by atoms with Gasteiger partial charge in [0.25, 0.3) is 0 Å². The molecule has 0 atom stereocenters. The van der Waals surface area contributed by atoms with Gasteiger partial charge in [-0.05, 0) is 42.6 Å². The third-order valence-electron chi connectivity index (χ3n) is 2.53. The molecule has 1 aromatic carbocycles. The fourth-order valence-corrected chi connectivity index (χ4v) is 2.20. The summed E-state index contributed by atoms with van der Waals surface area (Å²) in [5, 5.41) is 4.00. The predicted molar refractivity (Wildman–Crippen MR) is 76.5 cm³/mol. The van der Waals surface area contributed by atoms with E-state index in [2.05, 4.69) is 22.2 Å². The Morgan fingerprint density at radius 3 is 2.42 bits per heavy atom. The van der Waals surface area contributed by atoms with Crippen LogP contribution in [0.3, 0.4) is 0 Å². The standard InChI is InChI=1S/C14H17N3OS/c1-3-15-8-11-9-16-14(17-10-11)19-13-6-4-12(18-2)5-7-13/h4-7,9-10,15H,3,8H2,1-2H3. The molecule has 0 aliphatic rings. The van der Waals surface area contributed by atoms with Crippen molar-refractivity contribution in [2.45, 2.75) is 23.5 Å². The van der Waals surface area contributed by atoms with Crippen LogP contribution in [0.4, 0.5) is 0 Å². The van der Waals surface area contributed by atoms with Crippen LogP contribution in [0.1, 0.15) is 12.5 Å². The number of nitrogens with zero attached hydrogens (tertiary/aromatic N) is 2. The van der Waals surface area contributed by atoms with E-state index < -0.39 is 0 Å². The zero-order valence-electron chi connectivity index (χ0n) is 11.1. The Morgan fingerprint density at radius 1 is 1.16 bits per heavy atom. The summed E-state index contributed by atoms with van der Waals surface area (Å²) in [6.07, 6.45) is 3.73. The number of benzene rings is 1. The van der Waals surface area contributed by atoms with E-state index in [0.717, 1.165) is 34.5 Å². The summed E-state index contributed by atoms with van der Waals surface area (Å²) in [5.74, 6) is 0.853. The second kappa shape index (κ2) is 7.11. The molecule has 4 nitrogen and oxygen atoms in total. The summed E-state index contributed by atoms with van der Waals surface area (Å²) < 4.78 is 5.13. The van der Waals surface area contributed by atoms with Gasteiger partial charge < -0.3 is 10.1 Å². The molecule has 100 valence electrons. The molecule has 0 fully saturated rings. The van der Waals surface area contributed by atoms with Crippen LogP contribution in [0.5, 0.6) is 5.75 Å². The zero-order valence-corrected chi connectivity index (χ0v) is 11.9. The topological polar surface area (TPSA) is 47.0 Å². The average molecular weight is 275 g/mol. The molecular weight excluding hydrogens is 258 g/mol. The first-order valence-corrected chi connectivity index (χ1v) is 6.97. The van der Waals surface area contributed by atoms with E-state index in [1.807, 2.05) is 36.7 Å². The highest BCUT2D eigenvalue weighted by Gasteiger charge is 2.01. The monoisotopic (exact) mass is 275 g/mol. The maximum Gasteiger partial charge on any atom is 0.192 e. The molecule has 1 N–H and O–H groups in total. The van der Waals surface area contributed by atoms with E-state index >= 15 is 0 Å². The fraction of sp³-hybridized carbons (Fsp3) is 0.286. The average Bonchev–Trinajstić information content (AvgIpc) is 2.47. The Bertz CT molecular complexity index is 499. The molecule has 19 heavy (non-hydrogen) atoms. The van der Waals surface area contributed by atoms with Gasteiger partial charge in [0.05, 0.1) is 7.11 Å².